The van der Waals surface area contributed by atoms with Crippen molar-refractivity contribution in [3.8, 4) is 0 Å². The largest absolute Gasteiger partial charge is 0.390 e. The van der Waals surface area contributed by atoms with Gasteiger partial charge in [0.15, 0.2) is 0 Å². The van der Waals surface area contributed by atoms with E-state index in [9.17, 15) is 14.7 Å². The van der Waals surface area contributed by atoms with Gasteiger partial charge >= 0.3 is 0 Å². The van der Waals surface area contributed by atoms with Gasteiger partial charge in [0.25, 0.3) is 0 Å². The molecule has 0 aromatic heterocycles. The van der Waals surface area contributed by atoms with Crippen LogP contribution < -0.4 is 5.32 Å². The van der Waals surface area contributed by atoms with Gasteiger partial charge < -0.3 is 10.4 Å². The average Bonchev–Trinajstić information content (AvgIpc) is 2.73. The van der Waals surface area contributed by atoms with E-state index in [0.717, 1.165) is 0 Å². The van der Waals surface area contributed by atoms with E-state index in [2.05, 4.69) is 5.32 Å². The van der Waals surface area contributed by atoms with Crippen molar-refractivity contribution in [1.29, 1.82) is 0 Å². The number of fused-ring (bicyclic) bond motifs is 1. The average molecular weight is 254 g/mol. The molecule has 2 aliphatic rings. The second-order valence-corrected chi connectivity index (χ2v) is 6.28. The summed E-state index contributed by atoms with van der Waals surface area (Å²) in [7, 11) is 0. The number of aliphatic hydroxyl groups is 1. The van der Waals surface area contributed by atoms with Crippen molar-refractivity contribution in [3.05, 3.63) is 0 Å². The molecule has 0 aromatic rings. The second kappa shape index (κ2) is 4.31. The highest BCUT2D eigenvalue weighted by Gasteiger charge is 2.72. The first kappa shape index (κ1) is 13.5. The summed E-state index contributed by atoms with van der Waals surface area (Å²) in [5.41, 5.74) is -0.175. The first-order chi connectivity index (χ1) is 8.26. The fourth-order valence-electron chi connectivity index (χ4n) is 2.83. The molecule has 1 saturated carbocycles. The third-order valence-corrected chi connectivity index (χ3v) is 4.05. The number of carbonyl (C=O) groups is 2. The number of nitrogens with zero attached hydrogens (tertiary/aromatic N) is 1. The van der Waals surface area contributed by atoms with Crippen LogP contribution in [0.1, 0.15) is 27.7 Å². The van der Waals surface area contributed by atoms with Gasteiger partial charge in [-0.25, -0.2) is 0 Å². The first-order valence-electron chi connectivity index (χ1n) is 6.53. The van der Waals surface area contributed by atoms with Crippen LogP contribution in [0, 0.1) is 17.3 Å². The van der Waals surface area contributed by atoms with Crippen molar-refractivity contribution in [2.45, 2.75) is 39.8 Å². The van der Waals surface area contributed by atoms with E-state index in [0.29, 0.717) is 6.54 Å². The molecule has 0 radical (unpaired) electrons. The third kappa shape index (κ3) is 2.06. The molecule has 1 heterocycles. The number of β-amino-alcohol motifs (C(OH)–C–C–N with tert-alkyl or cyclic N) is 1. The van der Waals surface area contributed by atoms with Crippen molar-refractivity contribution < 1.29 is 14.7 Å². The molecule has 2 fully saturated rings. The Kier molecular flexibility index (Phi) is 3.23. The van der Waals surface area contributed by atoms with Gasteiger partial charge in [0.2, 0.25) is 11.8 Å². The molecule has 0 spiro atoms. The molecule has 2 amide bonds. The number of carbonyl (C=O) groups excluding carboxylic acids is 2. The fraction of sp³-hybridized carbons (Fsp3) is 0.846. The van der Waals surface area contributed by atoms with Crippen LogP contribution in [0.25, 0.3) is 0 Å². The Morgan fingerprint density at radius 2 is 1.78 bits per heavy atom. The standard InChI is InChI=1S/C13H22N2O3/c1-7(2)14-5-8(16)6-15-11(17)9-10(12(15)18)13(9,3)4/h7-10,14,16H,5-6H2,1-4H3. The number of hydrogen-bond acceptors (Lipinski definition) is 4. The molecule has 5 heteroatoms. The first-order valence-corrected chi connectivity index (χ1v) is 6.53. The monoisotopic (exact) mass is 254 g/mol. The topological polar surface area (TPSA) is 69.6 Å². The molecule has 0 bridgehead atoms. The summed E-state index contributed by atoms with van der Waals surface area (Å²) in [6, 6.07) is 0.275. The molecule has 3 unspecified atom stereocenters. The van der Waals surface area contributed by atoms with Crippen LogP contribution in [0.4, 0.5) is 0 Å². The Balaban J connectivity index is 1.89. The van der Waals surface area contributed by atoms with Gasteiger partial charge in [-0.05, 0) is 5.41 Å². The number of imide groups is 1. The van der Waals surface area contributed by atoms with Crippen LogP contribution in [-0.2, 0) is 9.59 Å². The molecule has 1 saturated heterocycles. The second-order valence-electron chi connectivity index (χ2n) is 6.28. The summed E-state index contributed by atoms with van der Waals surface area (Å²) in [5, 5.41) is 12.9. The number of amides is 2. The Morgan fingerprint density at radius 1 is 1.28 bits per heavy atom. The maximum absolute atomic E-state index is 12.0. The van der Waals surface area contributed by atoms with Crippen LogP contribution in [0.2, 0.25) is 0 Å². The molecule has 102 valence electrons. The number of piperidine rings is 1. The summed E-state index contributed by atoms with van der Waals surface area (Å²) in [5.74, 6) is -0.539. The van der Waals surface area contributed by atoms with Gasteiger partial charge in [-0.1, -0.05) is 27.7 Å². The lowest BCUT2D eigenvalue weighted by Gasteiger charge is -2.23. The minimum Gasteiger partial charge on any atom is -0.390 e. The number of aliphatic hydroxyl groups excluding tert-OH is 1. The van der Waals surface area contributed by atoms with Crippen LogP contribution in [0.5, 0.6) is 0 Å². The zero-order chi connectivity index (χ0) is 13.7. The summed E-state index contributed by atoms with van der Waals surface area (Å²) in [6.07, 6.45) is -0.694. The summed E-state index contributed by atoms with van der Waals surface area (Å²) in [6.45, 7) is 8.37. The van der Waals surface area contributed by atoms with Crippen molar-refractivity contribution in [2.24, 2.45) is 17.3 Å². The highest BCUT2D eigenvalue weighted by Crippen LogP contribution is 2.63. The Labute approximate surface area is 108 Å². The maximum Gasteiger partial charge on any atom is 0.233 e. The smallest absolute Gasteiger partial charge is 0.233 e. The molecule has 2 N–H and O–H groups in total. The maximum atomic E-state index is 12.0. The normalized spacial score (nSPS) is 30.9. The summed E-state index contributed by atoms with van der Waals surface area (Å²) in [4.78, 5) is 25.3. The number of nitrogens with one attached hydrogen (secondary N) is 1. The predicted octanol–water partition coefficient (Wildman–Crippen LogP) is -0.0137. The fourth-order valence-corrected chi connectivity index (χ4v) is 2.83. The van der Waals surface area contributed by atoms with Crippen molar-refractivity contribution in [1.82, 2.24) is 10.2 Å². The Bertz CT molecular complexity index is 354. The molecule has 2 rings (SSSR count). The van der Waals surface area contributed by atoms with E-state index in [-0.39, 0.29) is 41.7 Å². The van der Waals surface area contributed by atoms with Crippen molar-refractivity contribution >= 4 is 11.8 Å². The molecule has 5 nitrogen and oxygen atoms in total. The van der Waals surface area contributed by atoms with Gasteiger partial charge in [0, 0.05) is 12.6 Å². The van der Waals surface area contributed by atoms with E-state index in [4.69, 9.17) is 0 Å². The molecule has 1 aliphatic carbocycles. The SMILES string of the molecule is CC(C)NCC(O)CN1C(=O)C2C(C1=O)C2(C)C. The molecule has 1 aliphatic heterocycles. The third-order valence-electron chi connectivity index (χ3n) is 4.05. The van der Waals surface area contributed by atoms with Gasteiger partial charge in [-0.3, -0.25) is 14.5 Å². The van der Waals surface area contributed by atoms with Gasteiger partial charge in [-0.2, -0.15) is 0 Å². The quantitative estimate of drug-likeness (QED) is 0.677. The van der Waals surface area contributed by atoms with Gasteiger partial charge in [0.05, 0.1) is 24.5 Å². The summed E-state index contributed by atoms with van der Waals surface area (Å²) < 4.78 is 0. The van der Waals surface area contributed by atoms with Crippen molar-refractivity contribution in [2.75, 3.05) is 13.1 Å². The van der Waals surface area contributed by atoms with E-state index in [1.807, 2.05) is 27.7 Å². The van der Waals surface area contributed by atoms with Gasteiger partial charge in [0.1, 0.15) is 0 Å². The molecule has 18 heavy (non-hydrogen) atoms. The van der Waals surface area contributed by atoms with Crippen LogP contribution in [-0.4, -0.2) is 47.1 Å². The van der Waals surface area contributed by atoms with E-state index in [1.54, 1.807) is 0 Å². The molecular formula is C13H22N2O3. The van der Waals surface area contributed by atoms with Crippen LogP contribution in [0.15, 0.2) is 0 Å². The van der Waals surface area contributed by atoms with Crippen LogP contribution >= 0.6 is 0 Å². The summed E-state index contributed by atoms with van der Waals surface area (Å²) >= 11 is 0. The highest BCUT2D eigenvalue weighted by atomic mass is 16.3. The minimum absolute atomic E-state index is 0.112. The van der Waals surface area contributed by atoms with Crippen molar-refractivity contribution in [3.63, 3.8) is 0 Å². The lowest BCUT2D eigenvalue weighted by molar-refractivity contribution is -0.144. The lowest BCUT2D eigenvalue weighted by Crippen LogP contribution is -2.45. The minimum atomic E-state index is -0.694. The Hall–Kier alpha value is -0.940. The number of likely N-dealkylation sites (tertiary alicyclic amines) is 1. The molecule has 0 aromatic carbocycles. The van der Waals surface area contributed by atoms with Crippen LogP contribution in [0.3, 0.4) is 0 Å². The predicted molar refractivity (Wildman–Crippen MR) is 66.6 cm³/mol. The lowest BCUT2D eigenvalue weighted by atomic mass is 10.1. The number of rotatable bonds is 5. The van der Waals surface area contributed by atoms with E-state index >= 15 is 0 Å². The van der Waals surface area contributed by atoms with E-state index < -0.39 is 6.10 Å². The Morgan fingerprint density at radius 3 is 2.22 bits per heavy atom. The zero-order valence-corrected chi connectivity index (χ0v) is 11.4. The van der Waals surface area contributed by atoms with Gasteiger partial charge in [-0.15, -0.1) is 0 Å². The zero-order valence-electron chi connectivity index (χ0n) is 11.4. The van der Waals surface area contributed by atoms with E-state index in [1.165, 1.54) is 4.90 Å². The molecular weight excluding hydrogens is 232 g/mol. The molecule has 3 atom stereocenters. The highest BCUT2D eigenvalue weighted by molar-refractivity contribution is 6.10. The number of hydrogen-bond donors (Lipinski definition) is 2.